The minimum atomic E-state index is 0.0604. The van der Waals surface area contributed by atoms with Crippen molar-refractivity contribution >= 4 is 22.9 Å². The van der Waals surface area contributed by atoms with Crippen LogP contribution >= 0.6 is 11.3 Å². The van der Waals surface area contributed by atoms with Crippen LogP contribution in [0.2, 0.25) is 0 Å². The average Bonchev–Trinajstić information content (AvgIpc) is 3.14. The molecule has 0 N–H and O–H groups in total. The lowest BCUT2D eigenvalue weighted by Crippen LogP contribution is -2.30. The Hall–Kier alpha value is -2.59. The van der Waals surface area contributed by atoms with Gasteiger partial charge in [-0.15, -0.1) is 11.3 Å². The Balaban J connectivity index is 1.72. The minimum Gasteiger partial charge on any atom is -0.488 e. The molecule has 0 saturated carbocycles. The fourth-order valence-electron chi connectivity index (χ4n) is 3.43. The number of para-hydroxylation sites is 2. The van der Waals surface area contributed by atoms with Crippen LogP contribution in [0.1, 0.15) is 34.6 Å². The molecule has 132 valence electrons. The molecular weight excluding hydrogens is 342 g/mol. The highest BCUT2D eigenvalue weighted by Gasteiger charge is 2.25. The summed E-state index contributed by atoms with van der Waals surface area (Å²) in [5.74, 6) is 0.954. The van der Waals surface area contributed by atoms with E-state index in [1.807, 2.05) is 54.3 Å². The molecule has 0 atom stereocenters. The molecule has 4 heteroatoms. The number of benzene rings is 2. The predicted molar refractivity (Wildman–Crippen MR) is 107 cm³/mol. The van der Waals surface area contributed by atoms with E-state index in [-0.39, 0.29) is 5.91 Å². The first-order chi connectivity index (χ1) is 12.7. The number of thiophene rings is 1. The summed E-state index contributed by atoms with van der Waals surface area (Å²) in [6.07, 6.45) is 0.905. The van der Waals surface area contributed by atoms with Gasteiger partial charge in [-0.05, 0) is 43.2 Å². The molecule has 1 aromatic heterocycles. The van der Waals surface area contributed by atoms with E-state index in [9.17, 15) is 4.79 Å². The molecule has 1 aliphatic rings. The van der Waals surface area contributed by atoms with Crippen LogP contribution in [0.25, 0.3) is 10.4 Å². The number of carbonyl (C=O) groups excluding carboxylic acids is 1. The topological polar surface area (TPSA) is 29.5 Å². The lowest BCUT2D eigenvalue weighted by Gasteiger charge is -2.23. The lowest BCUT2D eigenvalue weighted by atomic mass is 10.1. The Morgan fingerprint density at radius 2 is 1.88 bits per heavy atom. The monoisotopic (exact) mass is 363 g/mol. The largest absolute Gasteiger partial charge is 0.488 e. The molecule has 4 rings (SSSR count). The second kappa shape index (κ2) is 6.96. The SMILES string of the molecule is CCc1ccccc1N(CC)C(=O)c1cc2c(s1)-c1ccccc1OC2. The van der Waals surface area contributed by atoms with E-state index in [0.29, 0.717) is 13.2 Å². The third kappa shape index (κ3) is 2.80. The first-order valence-electron chi connectivity index (χ1n) is 8.97. The molecule has 2 aromatic carbocycles. The van der Waals surface area contributed by atoms with Gasteiger partial charge in [0.15, 0.2) is 0 Å². The van der Waals surface area contributed by atoms with Crippen molar-refractivity contribution < 1.29 is 9.53 Å². The van der Waals surface area contributed by atoms with Crippen LogP contribution in [-0.2, 0) is 13.0 Å². The van der Waals surface area contributed by atoms with Gasteiger partial charge >= 0.3 is 0 Å². The summed E-state index contributed by atoms with van der Waals surface area (Å²) in [6, 6.07) is 18.2. The van der Waals surface area contributed by atoms with Crippen LogP contribution < -0.4 is 9.64 Å². The van der Waals surface area contributed by atoms with Crippen molar-refractivity contribution in [1.29, 1.82) is 0 Å². The number of fused-ring (bicyclic) bond motifs is 3. The third-order valence-electron chi connectivity index (χ3n) is 4.76. The highest BCUT2D eigenvalue weighted by atomic mass is 32.1. The normalized spacial score (nSPS) is 12.1. The molecule has 1 aliphatic heterocycles. The summed E-state index contributed by atoms with van der Waals surface area (Å²) >= 11 is 1.57. The van der Waals surface area contributed by atoms with E-state index < -0.39 is 0 Å². The van der Waals surface area contributed by atoms with Crippen LogP contribution in [-0.4, -0.2) is 12.5 Å². The van der Waals surface area contributed by atoms with Crippen LogP contribution in [0, 0.1) is 0 Å². The molecule has 0 fully saturated rings. The number of hydrogen-bond acceptors (Lipinski definition) is 3. The second-order valence-electron chi connectivity index (χ2n) is 6.28. The first kappa shape index (κ1) is 16.9. The van der Waals surface area contributed by atoms with Gasteiger partial charge in [0, 0.05) is 28.2 Å². The van der Waals surface area contributed by atoms with Gasteiger partial charge in [-0.1, -0.05) is 37.3 Å². The Morgan fingerprint density at radius 1 is 1.12 bits per heavy atom. The number of rotatable bonds is 4. The van der Waals surface area contributed by atoms with Gasteiger partial charge in [0.1, 0.15) is 12.4 Å². The Labute approximate surface area is 157 Å². The average molecular weight is 363 g/mol. The van der Waals surface area contributed by atoms with Crippen LogP contribution in [0.4, 0.5) is 5.69 Å². The van der Waals surface area contributed by atoms with Gasteiger partial charge in [-0.3, -0.25) is 4.79 Å². The number of carbonyl (C=O) groups is 1. The smallest absolute Gasteiger partial charge is 0.268 e. The Morgan fingerprint density at radius 3 is 2.69 bits per heavy atom. The summed E-state index contributed by atoms with van der Waals surface area (Å²) in [4.78, 5) is 17.1. The van der Waals surface area contributed by atoms with Gasteiger partial charge < -0.3 is 9.64 Å². The maximum absolute atomic E-state index is 13.3. The summed E-state index contributed by atoms with van der Waals surface area (Å²) in [6.45, 7) is 5.31. The Kier molecular flexibility index (Phi) is 4.51. The number of nitrogens with zero attached hydrogens (tertiary/aromatic N) is 1. The minimum absolute atomic E-state index is 0.0604. The zero-order chi connectivity index (χ0) is 18.1. The standard InChI is InChI=1S/C22H21NO2S/c1-3-15-9-5-7-11-18(15)23(4-2)22(24)20-13-16-14-25-19-12-8-6-10-17(19)21(16)26-20/h5-13H,3-4,14H2,1-2H3. The molecule has 1 amide bonds. The van der Waals surface area contributed by atoms with Crippen molar-refractivity contribution in [3.63, 3.8) is 0 Å². The van der Waals surface area contributed by atoms with Gasteiger partial charge in [0.2, 0.25) is 0 Å². The number of hydrogen-bond donors (Lipinski definition) is 0. The van der Waals surface area contributed by atoms with Gasteiger partial charge in [-0.25, -0.2) is 0 Å². The molecule has 3 aromatic rings. The molecule has 0 aliphatic carbocycles. The molecule has 2 heterocycles. The summed E-state index contributed by atoms with van der Waals surface area (Å²) in [7, 11) is 0. The predicted octanol–water partition coefficient (Wildman–Crippen LogP) is 5.54. The summed E-state index contributed by atoms with van der Waals surface area (Å²) in [5, 5.41) is 0. The second-order valence-corrected chi connectivity index (χ2v) is 7.33. The van der Waals surface area contributed by atoms with E-state index in [0.717, 1.165) is 38.7 Å². The van der Waals surface area contributed by atoms with E-state index in [1.54, 1.807) is 11.3 Å². The van der Waals surface area contributed by atoms with Gasteiger partial charge in [0.05, 0.1) is 4.88 Å². The van der Waals surface area contributed by atoms with E-state index in [4.69, 9.17) is 4.74 Å². The van der Waals surface area contributed by atoms with Crippen LogP contribution in [0.5, 0.6) is 5.75 Å². The zero-order valence-corrected chi connectivity index (χ0v) is 15.8. The number of anilines is 1. The van der Waals surface area contributed by atoms with Crippen LogP contribution in [0.3, 0.4) is 0 Å². The summed E-state index contributed by atoms with van der Waals surface area (Å²) < 4.78 is 5.83. The van der Waals surface area contributed by atoms with E-state index in [2.05, 4.69) is 19.1 Å². The van der Waals surface area contributed by atoms with E-state index in [1.165, 1.54) is 5.56 Å². The maximum atomic E-state index is 13.3. The maximum Gasteiger partial charge on any atom is 0.268 e. The van der Waals surface area contributed by atoms with Crippen molar-refractivity contribution in [3.8, 4) is 16.2 Å². The number of aryl methyl sites for hydroxylation is 1. The number of amides is 1. The quantitative estimate of drug-likeness (QED) is 0.609. The summed E-state index contributed by atoms with van der Waals surface area (Å²) in [5.41, 5.74) is 4.37. The zero-order valence-electron chi connectivity index (χ0n) is 15.0. The highest BCUT2D eigenvalue weighted by molar-refractivity contribution is 7.17. The highest BCUT2D eigenvalue weighted by Crippen LogP contribution is 2.42. The molecule has 0 spiro atoms. The molecule has 0 radical (unpaired) electrons. The lowest BCUT2D eigenvalue weighted by molar-refractivity contribution is 0.0992. The van der Waals surface area contributed by atoms with Crippen molar-refractivity contribution in [3.05, 3.63) is 70.6 Å². The van der Waals surface area contributed by atoms with Gasteiger partial charge in [0.25, 0.3) is 5.91 Å². The molecule has 0 bridgehead atoms. The van der Waals surface area contributed by atoms with E-state index >= 15 is 0 Å². The molecule has 0 unspecified atom stereocenters. The fourth-order valence-corrected chi connectivity index (χ4v) is 4.58. The third-order valence-corrected chi connectivity index (χ3v) is 5.96. The Bertz CT molecular complexity index is 960. The fraction of sp³-hybridized carbons (Fsp3) is 0.227. The van der Waals surface area contributed by atoms with Crippen LogP contribution in [0.15, 0.2) is 54.6 Å². The van der Waals surface area contributed by atoms with Crippen molar-refractivity contribution in [2.45, 2.75) is 26.9 Å². The molecule has 26 heavy (non-hydrogen) atoms. The van der Waals surface area contributed by atoms with Gasteiger partial charge in [-0.2, -0.15) is 0 Å². The van der Waals surface area contributed by atoms with Crippen molar-refractivity contribution in [2.75, 3.05) is 11.4 Å². The number of ether oxygens (including phenoxy) is 1. The van der Waals surface area contributed by atoms with Crippen molar-refractivity contribution in [1.82, 2.24) is 0 Å². The molecular formula is C22H21NO2S. The molecule has 3 nitrogen and oxygen atoms in total. The van der Waals surface area contributed by atoms with Crippen molar-refractivity contribution in [2.24, 2.45) is 0 Å². The molecule has 0 saturated heterocycles. The first-order valence-corrected chi connectivity index (χ1v) is 9.79.